The minimum Gasteiger partial charge on any atom is -0.550 e. The van der Waals surface area contributed by atoms with E-state index in [9.17, 15) is 9.90 Å². The van der Waals surface area contributed by atoms with Crippen LogP contribution in [-0.2, 0) is 11.2 Å². The van der Waals surface area contributed by atoms with Crippen LogP contribution in [0.3, 0.4) is 0 Å². The van der Waals surface area contributed by atoms with E-state index in [0.29, 0.717) is 40.0 Å². The van der Waals surface area contributed by atoms with Gasteiger partial charge in [-0.1, -0.05) is 26.7 Å². The van der Waals surface area contributed by atoms with Crippen molar-refractivity contribution in [2.75, 3.05) is 7.11 Å². The standard InChI is InChI=1S/C20H29N3O3S/c1-12-6-5-7-17(13(12)2)21-20(27)23-22-14(3)15-8-9-18(26-4)16(10-15)11-19(24)25/h8-10,12-13,17H,5-7,11H2,1-4H3,(H,24,25)(H2,21,23,27)/p-1/b22-14-/t12-,13-,17-/m1/s1. The number of nitrogens with zero attached hydrogens (tertiary/aromatic N) is 1. The van der Waals surface area contributed by atoms with Gasteiger partial charge in [0.15, 0.2) is 5.11 Å². The van der Waals surface area contributed by atoms with Crippen molar-refractivity contribution in [3.63, 3.8) is 0 Å². The summed E-state index contributed by atoms with van der Waals surface area (Å²) < 4.78 is 5.20. The van der Waals surface area contributed by atoms with Crippen molar-refractivity contribution in [3.05, 3.63) is 29.3 Å². The van der Waals surface area contributed by atoms with Gasteiger partial charge in [-0.3, -0.25) is 5.43 Å². The van der Waals surface area contributed by atoms with Gasteiger partial charge in [-0.25, -0.2) is 0 Å². The van der Waals surface area contributed by atoms with Crippen molar-refractivity contribution >= 4 is 29.0 Å². The Bertz CT molecular complexity index is 720. The van der Waals surface area contributed by atoms with Crippen molar-refractivity contribution < 1.29 is 14.6 Å². The summed E-state index contributed by atoms with van der Waals surface area (Å²) in [5.41, 5.74) is 4.95. The number of aliphatic carboxylic acids is 1. The summed E-state index contributed by atoms with van der Waals surface area (Å²) in [6, 6.07) is 5.67. The topological polar surface area (TPSA) is 85.8 Å². The van der Waals surface area contributed by atoms with Crippen LogP contribution < -0.4 is 20.6 Å². The number of benzene rings is 1. The molecule has 7 heteroatoms. The lowest BCUT2D eigenvalue weighted by molar-refractivity contribution is -0.304. The van der Waals surface area contributed by atoms with Crippen molar-refractivity contribution in [1.29, 1.82) is 0 Å². The zero-order valence-corrected chi connectivity index (χ0v) is 17.2. The molecule has 0 bridgehead atoms. The highest BCUT2D eigenvalue weighted by molar-refractivity contribution is 7.80. The Balaban J connectivity index is 2.02. The summed E-state index contributed by atoms with van der Waals surface area (Å²) >= 11 is 5.38. The van der Waals surface area contributed by atoms with E-state index in [1.165, 1.54) is 20.0 Å². The first-order valence-electron chi connectivity index (χ1n) is 9.29. The molecule has 0 aliphatic heterocycles. The van der Waals surface area contributed by atoms with Crippen LogP contribution in [0.4, 0.5) is 0 Å². The number of carboxylic acids is 1. The molecule has 1 aliphatic carbocycles. The normalized spacial score (nSPS) is 22.8. The summed E-state index contributed by atoms with van der Waals surface area (Å²) in [7, 11) is 1.51. The lowest BCUT2D eigenvalue weighted by Gasteiger charge is -2.35. The molecule has 0 radical (unpaired) electrons. The molecule has 0 spiro atoms. The first-order valence-corrected chi connectivity index (χ1v) is 9.70. The molecule has 1 aromatic rings. The fourth-order valence-corrected chi connectivity index (χ4v) is 3.68. The lowest BCUT2D eigenvalue weighted by Crippen LogP contribution is -2.46. The van der Waals surface area contributed by atoms with Gasteiger partial charge in [0.1, 0.15) is 5.75 Å². The van der Waals surface area contributed by atoms with Crippen molar-refractivity contribution in [1.82, 2.24) is 10.7 Å². The lowest BCUT2D eigenvalue weighted by atomic mass is 9.78. The quantitative estimate of drug-likeness (QED) is 0.439. The first-order chi connectivity index (χ1) is 12.8. The molecule has 0 aromatic heterocycles. The van der Waals surface area contributed by atoms with Crippen LogP contribution in [0.25, 0.3) is 0 Å². The van der Waals surface area contributed by atoms with Gasteiger partial charge in [-0.2, -0.15) is 5.10 Å². The Morgan fingerprint density at radius 2 is 2.11 bits per heavy atom. The summed E-state index contributed by atoms with van der Waals surface area (Å²) in [6.07, 6.45) is 3.38. The molecule has 1 aromatic carbocycles. The molecule has 0 heterocycles. The van der Waals surface area contributed by atoms with Gasteiger partial charge in [-0.05, 0) is 61.2 Å². The van der Waals surface area contributed by atoms with E-state index in [1.54, 1.807) is 12.1 Å². The molecule has 0 unspecified atom stereocenters. The fraction of sp³-hybridized carbons (Fsp3) is 0.550. The van der Waals surface area contributed by atoms with Crippen LogP contribution in [0, 0.1) is 11.8 Å². The summed E-state index contributed by atoms with van der Waals surface area (Å²) in [6.45, 7) is 6.38. The highest BCUT2D eigenvalue weighted by Gasteiger charge is 2.27. The Labute approximate surface area is 166 Å². The number of hydrazone groups is 1. The highest BCUT2D eigenvalue weighted by Crippen LogP contribution is 2.29. The van der Waals surface area contributed by atoms with Crippen molar-refractivity contribution in [3.8, 4) is 5.75 Å². The number of hydrogen-bond donors (Lipinski definition) is 2. The number of rotatable bonds is 6. The highest BCUT2D eigenvalue weighted by atomic mass is 32.1. The molecule has 2 rings (SSSR count). The zero-order chi connectivity index (χ0) is 20.0. The Morgan fingerprint density at radius 1 is 1.37 bits per heavy atom. The fourth-order valence-electron chi connectivity index (χ4n) is 3.48. The van der Waals surface area contributed by atoms with E-state index >= 15 is 0 Å². The molecule has 27 heavy (non-hydrogen) atoms. The van der Waals surface area contributed by atoms with Crippen LogP contribution in [-0.4, -0.2) is 29.9 Å². The van der Waals surface area contributed by atoms with Gasteiger partial charge in [0.05, 0.1) is 12.8 Å². The second-order valence-corrected chi connectivity index (χ2v) is 7.64. The van der Waals surface area contributed by atoms with E-state index in [1.807, 2.05) is 13.0 Å². The first kappa shape index (κ1) is 21.2. The van der Waals surface area contributed by atoms with Crippen LogP contribution in [0.15, 0.2) is 23.3 Å². The van der Waals surface area contributed by atoms with Gasteiger partial charge in [-0.15, -0.1) is 0 Å². The predicted octanol–water partition coefficient (Wildman–Crippen LogP) is 2.00. The molecular weight excluding hydrogens is 362 g/mol. The maximum Gasteiger partial charge on any atom is 0.187 e. The number of nitrogens with one attached hydrogen (secondary N) is 2. The zero-order valence-electron chi connectivity index (χ0n) is 16.4. The molecule has 148 valence electrons. The molecule has 1 fully saturated rings. The van der Waals surface area contributed by atoms with Gasteiger partial charge in [0.2, 0.25) is 0 Å². The summed E-state index contributed by atoms with van der Waals surface area (Å²) in [5, 5.41) is 19.1. The number of carboxylic acid groups (broad SMARTS) is 1. The monoisotopic (exact) mass is 390 g/mol. The predicted molar refractivity (Wildman–Crippen MR) is 109 cm³/mol. The number of carbonyl (C=O) groups excluding carboxylic acids is 1. The van der Waals surface area contributed by atoms with Gasteiger partial charge < -0.3 is 20.0 Å². The van der Waals surface area contributed by atoms with E-state index < -0.39 is 5.97 Å². The Hall–Kier alpha value is -2.15. The Morgan fingerprint density at radius 3 is 2.78 bits per heavy atom. The number of ether oxygens (including phenoxy) is 1. The van der Waals surface area contributed by atoms with Crippen LogP contribution in [0.2, 0.25) is 0 Å². The number of thiocarbonyl (C=S) groups is 1. The van der Waals surface area contributed by atoms with E-state index in [0.717, 1.165) is 12.0 Å². The third-order valence-electron chi connectivity index (χ3n) is 5.38. The average molecular weight is 391 g/mol. The molecule has 1 aliphatic rings. The minimum atomic E-state index is -1.15. The SMILES string of the molecule is COc1ccc(/C(C)=N\NC(=S)N[C@@H]2CCC[C@@H](C)[C@H]2C)cc1CC(=O)[O-]. The summed E-state index contributed by atoms with van der Waals surface area (Å²) in [4.78, 5) is 10.9. The largest absolute Gasteiger partial charge is 0.550 e. The second kappa shape index (κ2) is 9.69. The van der Waals surface area contributed by atoms with Crippen LogP contribution in [0.5, 0.6) is 5.75 Å². The van der Waals surface area contributed by atoms with Gasteiger partial charge in [0, 0.05) is 24.0 Å². The molecule has 6 nitrogen and oxygen atoms in total. The maximum absolute atomic E-state index is 10.9. The maximum atomic E-state index is 10.9. The number of methoxy groups -OCH3 is 1. The molecule has 3 atom stereocenters. The third-order valence-corrected chi connectivity index (χ3v) is 5.59. The van der Waals surface area contributed by atoms with E-state index in [4.69, 9.17) is 17.0 Å². The van der Waals surface area contributed by atoms with E-state index in [2.05, 4.69) is 29.7 Å². The van der Waals surface area contributed by atoms with Crippen LogP contribution in [0.1, 0.15) is 51.2 Å². The van der Waals surface area contributed by atoms with Crippen LogP contribution >= 0.6 is 12.2 Å². The smallest absolute Gasteiger partial charge is 0.187 e. The molecule has 2 N–H and O–H groups in total. The van der Waals surface area contributed by atoms with E-state index in [-0.39, 0.29) is 6.42 Å². The Kier molecular flexibility index (Phi) is 7.59. The molecular formula is C20H28N3O3S-. The summed E-state index contributed by atoms with van der Waals surface area (Å²) in [5.74, 6) is 0.615. The number of carbonyl (C=O) groups is 1. The second-order valence-electron chi connectivity index (χ2n) is 7.23. The third kappa shape index (κ3) is 5.92. The molecule has 0 amide bonds. The molecule has 0 saturated heterocycles. The van der Waals surface area contributed by atoms with Crippen molar-refractivity contribution in [2.45, 2.75) is 52.5 Å². The number of hydrogen-bond acceptors (Lipinski definition) is 5. The average Bonchev–Trinajstić information content (AvgIpc) is 2.63. The molecule has 1 saturated carbocycles. The van der Waals surface area contributed by atoms with Gasteiger partial charge >= 0.3 is 0 Å². The van der Waals surface area contributed by atoms with Gasteiger partial charge in [0.25, 0.3) is 0 Å². The van der Waals surface area contributed by atoms with Crippen molar-refractivity contribution in [2.24, 2.45) is 16.9 Å². The minimum absolute atomic E-state index is 0.213.